The van der Waals surface area contributed by atoms with Gasteiger partial charge < -0.3 is 14.6 Å². The van der Waals surface area contributed by atoms with Crippen LogP contribution in [0.5, 0.6) is 11.5 Å². The van der Waals surface area contributed by atoms with Crippen molar-refractivity contribution < 1.29 is 33.0 Å². The predicted molar refractivity (Wildman–Crippen MR) is 59.0 cm³/mol. The highest BCUT2D eigenvalue weighted by atomic mass is 19.3. The summed E-state index contributed by atoms with van der Waals surface area (Å²) >= 11 is 0. The van der Waals surface area contributed by atoms with E-state index in [1.54, 1.807) is 0 Å². The Hall–Kier alpha value is -2.18. The van der Waals surface area contributed by atoms with E-state index in [1.807, 2.05) is 0 Å². The van der Waals surface area contributed by atoms with E-state index in [0.29, 0.717) is 6.92 Å². The number of carboxylic acids is 1. The maximum atomic E-state index is 13.5. The van der Waals surface area contributed by atoms with Crippen molar-refractivity contribution in [3.63, 3.8) is 0 Å². The standard InChI is InChI=1S/C12H10F2O5/c1-12(13,14)7-5-9-8(18-2-3-19-9)4-6(7)10(15)11(16)17/h4-5H,2-3H2,1H3,(H,16,17). The molecule has 0 spiro atoms. The summed E-state index contributed by atoms with van der Waals surface area (Å²) in [6, 6.07) is 1.93. The highest BCUT2D eigenvalue weighted by molar-refractivity contribution is 6.40. The summed E-state index contributed by atoms with van der Waals surface area (Å²) in [5, 5.41) is 8.66. The van der Waals surface area contributed by atoms with Gasteiger partial charge in [-0.2, -0.15) is 0 Å². The van der Waals surface area contributed by atoms with E-state index in [9.17, 15) is 18.4 Å². The normalized spacial score (nSPS) is 14.1. The summed E-state index contributed by atoms with van der Waals surface area (Å²) in [7, 11) is 0. The fourth-order valence-corrected chi connectivity index (χ4v) is 1.76. The number of hydrogen-bond acceptors (Lipinski definition) is 4. The molecule has 0 amide bonds. The number of Topliss-reactive ketones (excluding diaryl/α,β-unsaturated/α-hetero) is 1. The van der Waals surface area contributed by atoms with Gasteiger partial charge in [-0.05, 0) is 12.1 Å². The van der Waals surface area contributed by atoms with Gasteiger partial charge in [-0.3, -0.25) is 4.79 Å². The van der Waals surface area contributed by atoms with Gasteiger partial charge in [0.1, 0.15) is 13.2 Å². The number of ketones is 1. The number of rotatable bonds is 3. The summed E-state index contributed by atoms with van der Waals surface area (Å²) in [4.78, 5) is 22.1. The average molecular weight is 272 g/mol. The molecule has 0 bridgehead atoms. The van der Waals surface area contributed by atoms with Crippen LogP contribution in [0.4, 0.5) is 8.78 Å². The Morgan fingerprint density at radius 2 is 1.74 bits per heavy atom. The third-order valence-electron chi connectivity index (χ3n) is 2.59. The zero-order valence-corrected chi connectivity index (χ0v) is 9.91. The average Bonchev–Trinajstić information content (AvgIpc) is 2.35. The van der Waals surface area contributed by atoms with Crippen LogP contribution in [-0.4, -0.2) is 30.1 Å². The molecule has 1 aliphatic rings. The monoisotopic (exact) mass is 272 g/mol. The van der Waals surface area contributed by atoms with Crippen molar-refractivity contribution in [1.29, 1.82) is 0 Å². The fourth-order valence-electron chi connectivity index (χ4n) is 1.76. The third kappa shape index (κ3) is 2.49. The molecule has 0 saturated heterocycles. The van der Waals surface area contributed by atoms with Gasteiger partial charge >= 0.3 is 5.97 Å². The SMILES string of the molecule is CC(F)(F)c1cc2c(cc1C(=O)C(=O)O)OCCO2. The van der Waals surface area contributed by atoms with Gasteiger partial charge in [-0.15, -0.1) is 0 Å². The van der Waals surface area contributed by atoms with Crippen LogP contribution in [0.15, 0.2) is 12.1 Å². The molecule has 0 saturated carbocycles. The van der Waals surface area contributed by atoms with E-state index >= 15 is 0 Å². The lowest BCUT2D eigenvalue weighted by atomic mass is 9.98. The van der Waals surface area contributed by atoms with Crippen LogP contribution in [0.2, 0.25) is 0 Å². The lowest BCUT2D eigenvalue weighted by Gasteiger charge is -2.22. The Morgan fingerprint density at radius 3 is 2.21 bits per heavy atom. The second-order valence-corrected chi connectivity index (χ2v) is 4.06. The molecule has 0 unspecified atom stereocenters. The first-order chi connectivity index (χ1) is 8.80. The first kappa shape index (κ1) is 13.3. The Morgan fingerprint density at radius 1 is 1.21 bits per heavy atom. The third-order valence-corrected chi connectivity index (χ3v) is 2.59. The molecule has 1 heterocycles. The van der Waals surface area contributed by atoms with Gasteiger partial charge in [-0.25, -0.2) is 13.6 Å². The minimum Gasteiger partial charge on any atom is -0.486 e. The first-order valence-electron chi connectivity index (χ1n) is 5.40. The Bertz CT molecular complexity index is 548. The summed E-state index contributed by atoms with van der Waals surface area (Å²) in [5.74, 6) is -6.42. The van der Waals surface area contributed by atoms with Crippen molar-refractivity contribution in [2.75, 3.05) is 13.2 Å². The van der Waals surface area contributed by atoms with E-state index < -0.39 is 28.8 Å². The fraction of sp³-hybridized carbons (Fsp3) is 0.333. The number of alkyl halides is 2. The Kier molecular flexibility index (Phi) is 3.13. The van der Waals surface area contributed by atoms with Crippen molar-refractivity contribution in [1.82, 2.24) is 0 Å². The zero-order chi connectivity index (χ0) is 14.2. The number of halogens is 2. The lowest BCUT2D eigenvalue weighted by Crippen LogP contribution is -2.22. The molecule has 7 heteroatoms. The van der Waals surface area contributed by atoms with Gasteiger partial charge in [0.05, 0.1) is 0 Å². The summed E-state index contributed by atoms with van der Waals surface area (Å²) in [6.45, 7) is 0.987. The molecular weight excluding hydrogens is 262 g/mol. The van der Waals surface area contributed by atoms with Crippen molar-refractivity contribution in [2.24, 2.45) is 0 Å². The molecule has 1 aromatic carbocycles. The highest BCUT2D eigenvalue weighted by Gasteiger charge is 2.34. The number of benzene rings is 1. The molecule has 1 N–H and O–H groups in total. The number of ether oxygens (including phenoxy) is 2. The van der Waals surface area contributed by atoms with Crippen LogP contribution in [0.1, 0.15) is 22.8 Å². The minimum atomic E-state index is -3.36. The second-order valence-electron chi connectivity index (χ2n) is 4.06. The van der Waals surface area contributed by atoms with Crippen molar-refractivity contribution in [3.05, 3.63) is 23.3 Å². The molecule has 102 valence electrons. The molecule has 0 aliphatic carbocycles. The molecule has 19 heavy (non-hydrogen) atoms. The summed E-state index contributed by atoms with van der Waals surface area (Å²) in [6.07, 6.45) is 0. The highest BCUT2D eigenvalue weighted by Crippen LogP contribution is 2.39. The van der Waals surface area contributed by atoms with Crippen molar-refractivity contribution in [2.45, 2.75) is 12.8 Å². The van der Waals surface area contributed by atoms with Crippen LogP contribution in [0, 0.1) is 0 Å². The van der Waals surface area contributed by atoms with E-state index in [2.05, 4.69) is 0 Å². The number of aliphatic carboxylic acids is 1. The summed E-state index contributed by atoms with van der Waals surface area (Å²) < 4.78 is 37.2. The molecule has 0 atom stereocenters. The second kappa shape index (κ2) is 4.49. The largest absolute Gasteiger partial charge is 0.486 e. The first-order valence-corrected chi connectivity index (χ1v) is 5.40. The number of hydrogen-bond donors (Lipinski definition) is 1. The molecule has 0 aromatic heterocycles. The molecular formula is C12H10F2O5. The van der Waals surface area contributed by atoms with Gasteiger partial charge in [0.25, 0.3) is 11.7 Å². The molecule has 5 nitrogen and oxygen atoms in total. The Balaban J connectivity index is 2.62. The quantitative estimate of drug-likeness (QED) is 0.671. The number of carboxylic acid groups (broad SMARTS) is 1. The molecule has 1 aliphatic heterocycles. The maximum absolute atomic E-state index is 13.5. The molecule has 0 radical (unpaired) electrons. The van der Waals surface area contributed by atoms with Crippen LogP contribution in [0.25, 0.3) is 0 Å². The number of carbonyl (C=O) groups excluding carboxylic acids is 1. The predicted octanol–water partition coefficient (Wildman–Crippen LogP) is 1.84. The van der Waals surface area contributed by atoms with E-state index in [0.717, 1.165) is 12.1 Å². The van der Waals surface area contributed by atoms with Crippen LogP contribution in [0.3, 0.4) is 0 Å². The van der Waals surface area contributed by atoms with Crippen LogP contribution < -0.4 is 9.47 Å². The molecule has 1 aromatic rings. The minimum absolute atomic E-state index is 0.0738. The van der Waals surface area contributed by atoms with E-state index in [4.69, 9.17) is 14.6 Å². The summed E-state index contributed by atoms with van der Waals surface area (Å²) in [5.41, 5.74) is -1.28. The van der Waals surface area contributed by atoms with E-state index in [-0.39, 0.29) is 24.7 Å². The smallest absolute Gasteiger partial charge is 0.377 e. The number of carbonyl (C=O) groups is 2. The Labute approximate surface area is 106 Å². The van der Waals surface area contributed by atoms with Gasteiger partial charge in [0.2, 0.25) is 0 Å². The molecule has 0 fully saturated rings. The van der Waals surface area contributed by atoms with Crippen LogP contribution in [-0.2, 0) is 10.7 Å². The van der Waals surface area contributed by atoms with Gasteiger partial charge in [0, 0.05) is 18.1 Å². The van der Waals surface area contributed by atoms with E-state index in [1.165, 1.54) is 0 Å². The molecule has 2 rings (SSSR count). The number of fused-ring (bicyclic) bond motifs is 1. The van der Waals surface area contributed by atoms with Crippen molar-refractivity contribution in [3.8, 4) is 11.5 Å². The lowest BCUT2D eigenvalue weighted by molar-refractivity contribution is -0.131. The van der Waals surface area contributed by atoms with Crippen LogP contribution >= 0.6 is 0 Å². The van der Waals surface area contributed by atoms with Gasteiger partial charge in [-0.1, -0.05) is 0 Å². The zero-order valence-electron chi connectivity index (χ0n) is 9.91. The maximum Gasteiger partial charge on any atom is 0.377 e. The van der Waals surface area contributed by atoms with Crippen molar-refractivity contribution >= 4 is 11.8 Å². The topological polar surface area (TPSA) is 72.8 Å². The van der Waals surface area contributed by atoms with Gasteiger partial charge in [0.15, 0.2) is 11.5 Å².